The lowest BCUT2D eigenvalue weighted by molar-refractivity contribution is 0.669. The first-order valence-electron chi connectivity index (χ1n) is 16.4. The fourth-order valence-corrected chi connectivity index (χ4v) is 7.65. The first kappa shape index (κ1) is 26.8. The summed E-state index contributed by atoms with van der Waals surface area (Å²) in [4.78, 5) is 2.35. The van der Waals surface area contributed by atoms with Crippen molar-refractivity contribution in [2.24, 2.45) is 0 Å². The smallest absolute Gasteiger partial charge is 0.136 e. The van der Waals surface area contributed by atoms with E-state index in [1.807, 2.05) is 6.07 Å². The normalized spacial score (nSPS) is 11.8. The lowest BCUT2D eigenvalue weighted by atomic mass is 9.90. The Balaban J connectivity index is 1.16. The molecule has 0 aliphatic heterocycles. The van der Waals surface area contributed by atoms with Gasteiger partial charge in [-0.3, -0.25) is 0 Å². The Morgan fingerprint density at radius 1 is 0.333 bits per heavy atom. The Kier molecular flexibility index (Phi) is 5.91. The monoisotopic (exact) mass is 611 g/mol. The van der Waals surface area contributed by atoms with Crippen LogP contribution < -0.4 is 4.90 Å². The molecule has 224 valence electrons. The summed E-state index contributed by atoms with van der Waals surface area (Å²) in [5, 5.41) is 12.3. The van der Waals surface area contributed by atoms with Crippen LogP contribution >= 0.6 is 0 Å². The molecule has 1 aromatic heterocycles. The highest BCUT2D eigenvalue weighted by Gasteiger charge is 2.18. The van der Waals surface area contributed by atoms with E-state index in [1.54, 1.807) is 0 Å². The van der Waals surface area contributed by atoms with Crippen LogP contribution in [0.25, 0.3) is 76.2 Å². The Labute approximate surface area is 277 Å². The summed E-state index contributed by atoms with van der Waals surface area (Å²) in [6.07, 6.45) is 0. The van der Waals surface area contributed by atoms with E-state index in [1.165, 1.54) is 59.6 Å². The van der Waals surface area contributed by atoms with E-state index in [9.17, 15) is 0 Å². The third kappa shape index (κ3) is 4.06. The van der Waals surface area contributed by atoms with Gasteiger partial charge in [0.05, 0.1) is 5.69 Å². The maximum Gasteiger partial charge on any atom is 0.136 e. The van der Waals surface area contributed by atoms with Crippen LogP contribution in [-0.4, -0.2) is 0 Å². The van der Waals surface area contributed by atoms with Crippen molar-refractivity contribution in [3.63, 3.8) is 0 Å². The van der Waals surface area contributed by atoms with Gasteiger partial charge >= 0.3 is 0 Å². The minimum Gasteiger partial charge on any atom is -0.456 e. The highest BCUT2D eigenvalue weighted by molar-refractivity contribution is 6.34. The lowest BCUT2D eigenvalue weighted by Gasteiger charge is -2.27. The van der Waals surface area contributed by atoms with Gasteiger partial charge in [0.1, 0.15) is 11.2 Å². The molecule has 10 rings (SSSR count). The van der Waals surface area contributed by atoms with Gasteiger partial charge in [0.15, 0.2) is 0 Å². The van der Waals surface area contributed by atoms with Gasteiger partial charge in [-0.1, -0.05) is 121 Å². The third-order valence-electron chi connectivity index (χ3n) is 9.82. The maximum absolute atomic E-state index is 6.33. The van der Waals surface area contributed by atoms with Gasteiger partial charge in [-0.05, 0) is 98.0 Å². The molecule has 48 heavy (non-hydrogen) atoms. The number of fused-ring (bicyclic) bond motifs is 11. The molecule has 2 heteroatoms. The quantitative estimate of drug-likeness (QED) is 0.184. The molecule has 0 saturated heterocycles. The van der Waals surface area contributed by atoms with Crippen LogP contribution in [0.15, 0.2) is 180 Å². The van der Waals surface area contributed by atoms with E-state index in [4.69, 9.17) is 4.42 Å². The number of nitrogens with zero attached hydrogens (tertiary/aromatic N) is 1. The molecule has 0 atom stereocenters. The first-order valence-corrected chi connectivity index (χ1v) is 16.4. The summed E-state index contributed by atoms with van der Waals surface area (Å²) in [5.74, 6) is 0. The zero-order valence-corrected chi connectivity index (χ0v) is 26.1. The molecule has 0 amide bonds. The highest BCUT2D eigenvalue weighted by atomic mass is 16.3. The lowest BCUT2D eigenvalue weighted by Crippen LogP contribution is -2.10. The molecule has 1 heterocycles. The Morgan fingerprint density at radius 3 is 1.79 bits per heavy atom. The molecule has 0 unspecified atom stereocenters. The van der Waals surface area contributed by atoms with Crippen LogP contribution in [0.3, 0.4) is 0 Å². The van der Waals surface area contributed by atoms with Crippen molar-refractivity contribution in [1.82, 2.24) is 0 Å². The zero-order chi connectivity index (χ0) is 31.6. The average Bonchev–Trinajstić information content (AvgIpc) is 3.54. The number of benzene rings is 9. The van der Waals surface area contributed by atoms with E-state index in [2.05, 4.69) is 175 Å². The minimum absolute atomic E-state index is 0.922. The molecule has 0 spiro atoms. The van der Waals surface area contributed by atoms with Crippen LogP contribution in [0.5, 0.6) is 0 Å². The van der Waals surface area contributed by atoms with Crippen molar-refractivity contribution in [1.29, 1.82) is 0 Å². The standard InChI is InChI=1S/C46H29NO/c1-2-13-33(14-3-1)47(42-19-10-12-31-11-4-5-15-35(31)42)34-24-21-30(22-25-34)32-23-26-37-36-16-6-7-17-38(36)45-39(41(37)29-32)27-28-44-46(45)40-18-8-9-20-43(40)48-44/h1-29H. The van der Waals surface area contributed by atoms with Gasteiger partial charge in [0, 0.05) is 32.9 Å². The number of hydrogen-bond acceptors (Lipinski definition) is 2. The summed E-state index contributed by atoms with van der Waals surface area (Å²) in [6, 6.07) is 63.2. The molecule has 0 radical (unpaired) electrons. The molecule has 0 bridgehead atoms. The predicted molar refractivity (Wildman–Crippen MR) is 204 cm³/mol. The fourth-order valence-electron chi connectivity index (χ4n) is 7.65. The predicted octanol–water partition coefficient (Wildman–Crippen LogP) is 13.3. The Morgan fingerprint density at radius 2 is 0.938 bits per heavy atom. The zero-order valence-electron chi connectivity index (χ0n) is 26.1. The molecular weight excluding hydrogens is 583 g/mol. The number of hydrogen-bond donors (Lipinski definition) is 0. The van der Waals surface area contributed by atoms with Crippen LogP contribution in [0, 0.1) is 0 Å². The van der Waals surface area contributed by atoms with E-state index in [-0.39, 0.29) is 0 Å². The van der Waals surface area contributed by atoms with Gasteiger partial charge in [0.2, 0.25) is 0 Å². The van der Waals surface area contributed by atoms with Gasteiger partial charge in [-0.25, -0.2) is 0 Å². The SMILES string of the molecule is c1ccc(N(c2ccc(-c3ccc4c5ccccc5c5c(ccc6oc7ccccc7c65)c4c3)cc2)c2cccc3ccccc23)cc1. The van der Waals surface area contributed by atoms with E-state index >= 15 is 0 Å². The molecule has 0 aliphatic carbocycles. The van der Waals surface area contributed by atoms with Crippen molar-refractivity contribution in [3.8, 4) is 11.1 Å². The molecule has 0 fully saturated rings. The van der Waals surface area contributed by atoms with Crippen molar-refractivity contribution in [2.75, 3.05) is 4.90 Å². The Hall–Kier alpha value is -6.38. The highest BCUT2D eigenvalue weighted by Crippen LogP contribution is 2.44. The molecular formula is C46H29NO. The van der Waals surface area contributed by atoms with Crippen molar-refractivity contribution in [3.05, 3.63) is 176 Å². The summed E-state index contributed by atoms with van der Waals surface area (Å²) < 4.78 is 6.33. The number of rotatable bonds is 4. The van der Waals surface area contributed by atoms with E-state index < -0.39 is 0 Å². The van der Waals surface area contributed by atoms with E-state index in [0.717, 1.165) is 33.6 Å². The molecule has 0 aliphatic rings. The van der Waals surface area contributed by atoms with E-state index in [0.29, 0.717) is 0 Å². The van der Waals surface area contributed by atoms with Crippen LogP contribution in [0.2, 0.25) is 0 Å². The van der Waals surface area contributed by atoms with Crippen LogP contribution in [0.1, 0.15) is 0 Å². The molecule has 0 N–H and O–H groups in total. The second-order valence-electron chi connectivity index (χ2n) is 12.5. The molecule has 0 saturated carbocycles. The topological polar surface area (TPSA) is 16.4 Å². The second kappa shape index (κ2) is 10.6. The minimum atomic E-state index is 0.922. The summed E-state index contributed by atoms with van der Waals surface area (Å²) in [7, 11) is 0. The Bertz CT molecular complexity index is 2820. The molecule has 9 aromatic carbocycles. The average molecular weight is 612 g/mol. The van der Waals surface area contributed by atoms with Gasteiger partial charge in [-0.2, -0.15) is 0 Å². The van der Waals surface area contributed by atoms with Crippen molar-refractivity contribution >= 4 is 82.1 Å². The summed E-state index contributed by atoms with van der Waals surface area (Å²) in [5.41, 5.74) is 7.63. The molecule has 10 aromatic rings. The van der Waals surface area contributed by atoms with Gasteiger partial charge in [0.25, 0.3) is 0 Å². The largest absolute Gasteiger partial charge is 0.456 e. The van der Waals surface area contributed by atoms with Crippen molar-refractivity contribution in [2.45, 2.75) is 0 Å². The second-order valence-corrected chi connectivity index (χ2v) is 12.5. The van der Waals surface area contributed by atoms with Gasteiger partial charge in [-0.15, -0.1) is 0 Å². The molecule has 2 nitrogen and oxygen atoms in total. The summed E-state index contributed by atoms with van der Waals surface area (Å²) >= 11 is 0. The van der Waals surface area contributed by atoms with Crippen molar-refractivity contribution < 1.29 is 4.42 Å². The van der Waals surface area contributed by atoms with Gasteiger partial charge < -0.3 is 9.32 Å². The summed E-state index contributed by atoms with van der Waals surface area (Å²) in [6.45, 7) is 0. The first-order chi connectivity index (χ1) is 23.8. The maximum atomic E-state index is 6.33. The number of furan rings is 1. The van der Waals surface area contributed by atoms with Crippen LogP contribution in [0.4, 0.5) is 17.1 Å². The third-order valence-corrected chi connectivity index (χ3v) is 9.82. The fraction of sp³-hybridized carbons (Fsp3) is 0. The number of para-hydroxylation sites is 2. The number of anilines is 3. The van der Waals surface area contributed by atoms with Crippen LogP contribution in [-0.2, 0) is 0 Å².